The Morgan fingerprint density at radius 3 is 2.61 bits per heavy atom. The topological polar surface area (TPSA) is 50.8 Å². The second-order valence-electron chi connectivity index (χ2n) is 7.52. The highest BCUT2D eigenvalue weighted by atomic mass is 19.1. The molecule has 4 rings (SSSR count). The molecule has 0 fully saturated rings. The van der Waals surface area contributed by atoms with Crippen LogP contribution in [-0.2, 0) is 17.9 Å². The molecule has 0 saturated carbocycles. The van der Waals surface area contributed by atoms with E-state index in [4.69, 9.17) is 9.47 Å². The van der Waals surface area contributed by atoms with Crippen molar-refractivity contribution in [3.8, 4) is 11.5 Å². The summed E-state index contributed by atoms with van der Waals surface area (Å²) in [4.78, 5) is 14.8. The summed E-state index contributed by atoms with van der Waals surface area (Å²) in [5.74, 6) is 0.883. The van der Waals surface area contributed by atoms with E-state index >= 15 is 0 Å². The average Bonchev–Trinajstić information content (AvgIpc) is 2.80. The van der Waals surface area contributed by atoms with Gasteiger partial charge in [-0.25, -0.2) is 4.39 Å². The highest BCUT2D eigenvalue weighted by molar-refractivity contribution is 5.77. The molecule has 1 N–H and O–H groups in total. The molecule has 3 aromatic rings. The van der Waals surface area contributed by atoms with Gasteiger partial charge in [-0.1, -0.05) is 42.5 Å². The summed E-state index contributed by atoms with van der Waals surface area (Å²) in [6.45, 7) is 1.37. The lowest BCUT2D eigenvalue weighted by Gasteiger charge is -2.38. The molecule has 0 bridgehead atoms. The standard InChI is InChI=1S/C25H25FN2O3/c1-30-22-10-7-18(8-11-22)15-27-25(29)14-21-17-31-24-13-20(26)9-12-23(24)28(21)16-19-5-3-2-4-6-19/h2-13,21H,14-17H2,1H3,(H,27,29). The minimum absolute atomic E-state index is 0.0620. The Kier molecular flexibility index (Phi) is 6.36. The number of hydrogen-bond acceptors (Lipinski definition) is 4. The van der Waals surface area contributed by atoms with E-state index < -0.39 is 0 Å². The van der Waals surface area contributed by atoms with E-state index in [1.807, 2.05) is 54.6 Å². The number of amides is 1. The van der Waals surface area contributed by atoms with Crippen LogP contribution in [0.25, 0.3) is 0 Å². The van der Waals surface area contributed by atoms with Crippen molar-refractivity contribution in [2.24, 2.45) is 0 Å². The minimum Gasteiger partial charge on any atom is -0.497 e. The van der Waals surface area contributed by atoms with Crippen LogP contribution in [0.4, 0.5) is 10.1 Å². The highest BCUT2D eigenvalue weighted by Crippen LogP contribution is 2.36. The van der Waals surface area contributed by atoms with Gasteiger partial charge in [0.1, 0.15) is 23.9 Å². The van der Waals surface area contributed by atoms with E-state index in [1.165, 1.54) is 12.1 Å². The lowest BCUT2D eigenvalue weighted by molar-refractivity contribution is -0.121. The fraction of sp³-hybridized carbons (Fsp3) is 0.240. The van der Waals surface area contributed by atoms with Crippen LogP contribution in [0.1, 0.15) is 17.5 Å². The Morgan fingerprint density at radius 2 is 1.87 bits per heavy atom. The van der Waals surface area contributed by atoms with Crippen LogP contribution in [-0.4, -0.2) is 25.7 Å². The normalized spacial score (nSPS) is 15.0. The van der Waals surface area contributed by atoms with Gasteiger partial charge in [0, 0.05) is 19.2 Å². The molecule has 0 aromatic heterocycles. The summed E-state index contributed by atoms with van der Waals surface area (Å²) in [6.07, 6.45) is 0.278. The van der Waals surface area contributed by atoms with E-state index in [-0.39, 0.29) is 24.2 Å². The maximum Gasteiger partial charge on any atom is 0.222 e. The number of rotatable bonds is 7. The Morgan fingerprint density at radius 1 is 1.10 bits per heavy atom. The predicted molar refractivity (Wildman–Crippen MR) is 118 cm³/mol. The van der Waals surface area contributed by atoms with Crippen LogP contribution in [0.15, 0.2) is 72.8 Å². The van der Waals surface area contributed by atoms with Crippen LogP contribution in [0.3, 0.4) is 0 Å². The molecule has 0 spiro atoms. The third-order valence-corrected chi connectivity index (χ3v) is 5.37. The number of ether oxygens (including phenoxy) is 2. The smallest absolute Gasteiger partial charge is 0.222 e. The van der Waals surface area contributed by atoms with Crippen molar-refractivity contribution in [1.82, 2.24) is 5.32 Å². The zero-order valence-electron chi connectivity index (χ0n) is 17.4. The highest BCUT2D eigenvalue weighted by Gasteiger charge is 2.29. The molecule has 3 aromatic carbocycles. The van der Waals surface area contributed by atoms with E-state index in [1.54, 1.807) is 13.2 Å². The largest absolute Gasteiger partial charge is 0.497 e. The van der Waals surface area contributed by atoms with Gasteiger partial charge in [-0.05, 0) is 35.4 Å². The summed E-state index contributed by atoms with van der Waals surface area (Å²) >= 11 is 0. The lowest BCUT2D eigenvalue weighted by Crippen LogP contribution is -2.45. The van der Waals surface area contributed by atoms with Crippen LogP contribution in [0.5, 0.6) is 11.5 Å². The number of halogens is 1. The first-order chi connectivity index (χ1) is 15.1. The lowest BCUT2D eigenvalue weighted by atomic mass is 10.1. The molecule has 0 saturated heterocycles. The van der Waals surface area contributed by atoms with Crippen LogP contribution >= 0.6 is 0 Å². The Labute approximate surface area is 181 Å². The number of methoxy groups -OCH3 is 1. The van der Waals surface area contributed by atoms with E-state index in [0.29, 0.717) is 25.4 Å². The first-order valence-electron chi connectivity index (χ1n) is 10.2. The summed E-state index contributed by atoms with van der Waals surface area (Å²) in [7, 11) is 1.62. The van der Waals surface area contributed by atoms with Gasteiger partial charge in [-0.15, -0.1) is 0 Å². The number of carbonyl (C=O) groups excluding carboxylic acids is 1. The fourth-order valence-corrected chi connectivity index (χ4v) is 3.71. The van der Waals surface area contributed by atoms with Gasteiger partial charge in [0.2, 0.25) is 5.91 Å². The zero-order chi connectivity index (χ0) is 21.6. The van der Waals surface area contributed by atoms with Gasteiger partial charge >= 0.3 is 0 Å². The third-order valence-electron chi connectivity index (χ3n) is 5.37. The summed E-state index contributed by atoms with van der Waals surface area (Å²) < 4.78 is 24.7. The number of nitrogens with one attached hydrogen (secondary N) is 1. The van der Waals surface area contributed by atoms with Crippen molar-refractivity contribution in [3.63, 3.8) is 0 Å². The first-order valence-corrected chi connectivity index (χ1v) is 10.2. The SMILES string of the molecule is COc1ccc(CNC(=O)CC2COc3cc(F)ccc3N2Cc2ccccc2)cc1. The molecule has 0 radical (unpaired) electrons. The van der Waals surface area contributed by atoms with Crippen LogP contribution in [0.2, 0.25) is 0 Å². The van der Waals surface area contributed by atoms with Gasteiger partial charge in [0.25, 0.3) is 0 Å². The van der Waals surface area contributed by atoms with Crippen LogP contribution in [0, 0.1) is 5.82 Å². The summed E-state index contributed by atoms with van der Waals surface area (Å²) in [6, 6.07) is 22.0. The Balaban J connectivity index is 1.45. The molecule has 1 amide bonds. The third kappa shape index (κ3) is 5.15. The number of fused-ring (bicyclic) bond motifs is 1. The Bertz CT molecular complexity index is 1020. The molecule has 1 aliphatic heterocycles. The molecule has 1 unspecified atom stereocenters. The van der Waals surface area contributed by atoms with Crippen molar-refractivity contribution < 1.29 is 18.7 Å². The van der Waals surface area contributed by atoms with Crippen molar-refractivity contribution >= 4 is 11.6 Å². The molecule has 1 heterocycles. The summed E-state index contributed by atoms with van der Waals surface area (Å²) in [5, 5.41) is 2.98. The molecule has 1 aliphatic rings. The predicted octanol–water partition coefficient (Wildman–Crippen LogP) is 4.31. The molecular weight excluding hydrogens is 395 g/mol. The zero-order valence-corrected chi connectivity index (χ0v) is 17.4. The quantitative estimate of drug-likeness (QED) is 0.619. The molecule has 160 valence electrons. The van der Waals surface area contributed by atoms with Crippen molar-refractivity contribution in [1.29, 1.82) is 0 Å². The number of benzene rings is 3. The van der Waals surface area contributed by atoms with Crippen molar-refractivity contribution in [3.05, 3.63) is 89.7 Å². The molecule has 1 atom stereocenters. The second-order valence-corrected chi connectivity index (χ2v) is 7.52. The number of anilines is 1. The van der Waals surface area contributed by atoms with Crippen molar-refractivity contribution in [2.75, 3.05) is 18.6 Å². The molecular formula is C25H25FN2O3. The first kappa shape index (κ1) is 20.7. The van der Waals surface area contributed by atoms with E-state index in [0.717, 1.165) is 22.6 Å². The van der Waals surface area contributed by atoms with Gasteiger partial charge in [0.15, 0.2) is 0 Å². The van der Waals surface area contributed by atoms with Gasteiger partial charge < -0.3 is 19.7 Å². The molecule has 6 heteroatoms. The Hall–Kier alpha value is -3.54. The maximum atomic E-state index is 13.7. The number of nitrogens with zero attached hydrogens (tertiary/aromatic N) is 1. The summed E-state index contributed by atoms with van der Waals surface area (Å²) in [5.41, 5.74) is 2.91. The average molecular weight is 420 g/mol. The molecule has 0 aliphatic carbocycles. The molecule has 31 heavy (non-hydrogen) atoms. The van der Waals surface area contributed by atoms with Gasteiger partial charge in [-0.2, -0.15) is 0 Å². The molecule has 5 nitrogen and oxygen atoms in total. The van der Waals surface area contributed by atoms with Crippen molar-refractivity contribution in [2.45, 2.75) is 25.6 Å². The van der Waals surface area contributed by atoms with E-state index in [2.05, 4.69) is 10.2 Å². The fourth-order valence-electron chi connectivity index (χ4n) is 3.71. The monoisotopic (exact) mass is 420 g/mol. The maximum absolute atomic E-state index is 13.7. The van der Waals surface area contributed by atoms with Crippen LogP contribution < -0.4 is 19.7 Å². The minimum atomic E-state index is -0.339. The number of hydrogen-bond donors (Lipinski definition) is 1. The number of carbonyl (C=O) groups is 1. The van der Waals surface area contributed by atoms with Gasteiger partial charge in [0.05, 0.1) is 25.3 Å². The second kappa shape index (κ2) is 9.51. The van der Waals surface area contributed by atoms with Gasteiger partial charge in [-0.3, -0.25) is 4.79 Å². The van der Waals surface area contributed by atoms with E-state index in [9.17, 15) is 9.18 Å².